The second-order valence-electron chi connectivity index (χ2n) is 13.2. The SMILES string of the molecule is CC1(NC(=O)NC(C(=O)N2CCCC2C(=O)NC(CC2CCC2)C(=O)C(N)=O)C(C)(C)C)CCCCC1.CCC.CF. The van der Waals surface area contributed by atoms with Crippen LogP contribution in [0, 0.1) is 11.3 Å². The summed E-state index contributed by atoms with van der Waals surface area (Å²) >= 11 is 0. The van der Waals surface area contributed by atoms with Gasteiger partial charge in [0.05, 0.1) is 13.2 Å². The molecule has 3 aliphatic rings. The number of primary amides is 1. The van der Waals surface area contributed by atoms with Crippen LogP contribution in [0.5, 0.6) is 0 Å². The van der Waals surface area contributed by atoms with E-state index in [0.717, 1.165) is 51.4 Å². The maximum atomic E-state index is 13.7. The lowest BCUT2D eigenvalue weighted by molar-refractivity contribution is -0.143. The molecule has 3 unspecified atom stereocenters. The number of amides is 5. The van der Waals surface area contributed by atoms with E-state index in [1.54, 1.807) is 0 Å². The monoisotopic (exact) mass is 597 g/mol. The van der Waals surface area contributed by atoms with Gasteiger partial charge in [0.1, 0.15) is 12.1 Å². The van der Waals surface area contributed by atoms with Crippen LogP contribution in [0.25, 0.3) is 0 Å². The van der Waals surface area contributed by atoms with Gasteiger partial charge in [-0.05, 0) is 50.4 Å². The van der Waals surface area contributed by atoms with Crippen LogP contribution in [-0.2, 0) is 19.2 Å². The Balaban J connectivity index is 0.00000165. The number of alkyl halides is 1. The summed E-state index contributed by atoms with van der Waals surface area (Å²) in [5, 5.41) is 8.69. The molecule has 1 aliphatic heterocycles. The van der Waals surface area contributed by atoms with Gasteiger partial charge in [-0.3, -0.25) is 23.6 Å². The van der Waals surface area contributed by atoms with Crippen molar-refractivity contribution in [3.63, 3.8) is 0 Å². The zero-order valence-corrected chi connectivity index (χ0v) is 26.9. The van der Waals surface area contributed by atoms with Crippen molar-refractivity contribution in [2.24, 2.45) is 17.1 Å². The predicted octanol–water partition coefficient (Wildman–Crippen LogP) is 4.15. The first kappa shape index (κ1) is 37.3. The highest BCUT2D eigenvalue weighted by atomic mass is 19.1. The molecule has 1 heterocycles. The molecular weight excluding hydrogens is 541 g/mol. The quantitative estimate of drug-likeness (QED) is 0.295. The topological polar surface area (TPSA) is 151 Å². The number of likely N-dealkylation sites (tertiary alicyclic amines) is 1. The molecule has 0 radical (unpaired) electrons. The van der Waals surface area contributed by atoms with Crippen molar-refractivity contribution < 1.29 is 28.4 Å². The largest absolute Gasteiger partial charge is 0.363 e. The fourth-order valence-corrected chi connectivity index (χ4v) is 5.75. The number of ketones is 1. The van der Waals surface area contributed by atoms with Crippen molar-refractivity contribution in [2.45, 2.75) is 142 Å². The summed E-state index contributed by atoms with van der Waals surface area (Å²) in [6, 6.07) is -2.98. The number of hydrogen-bond acceptors (Lipinski definition) is 5. The summed E-state index contributed by atoms with van der Waals surface area (Å²) in [5.41, 5.74) is 4.34. The fourth-order valence-electron chi connectivity index (χ4n) is 5.75. The lowest BCUT2D eigenvalue weighted by Gasteiger charge is -2.38. The highest BCUT2D eigenvalue weighted by Gasteiger charge is 2.43. The van der Waals surface area contributed by atoms with Gasteiger partial charge in [-0.15, -0.1) is 0 Å². The van der Waals surface area contributed by atoms with E-state index in [4.69, 9.17) is 5.73 Å². The third-order valence-corrected chi connectivity index (χ3v) is 8.27. The minimum absolute atomic E-state index is 0.272. The number of nitrogens with zero attached hydrogens (tertiary/aromatic N) is 1. The van der Waals surface area contributed by atoms with Gasteiger partial charge in [-0.2, -0.15) is 0 Å². The first-order valence-corrected chi connectivity index (χ1v) is 15.6. The van der Waals surface area contributed by atoms with Crippen LogP contribution in [0.4, 0.5) is 9.18 Å². The molecule has 3 atom stereocenters. The first-order valence-electron chi connectivity index (χ1n) is 15.6. The minimum atomic E-state index is -1.07. The van der Waals surface area contributed by atoms with Crippen LogP contribution in [0.1, 0.15) is 119 Å². The third kappa shape index (κ3) is 11.2. The smallest absolute Gasteiger partial charge is 0.315 e. The molecule has 0 aromatic carbocycles. The maximum Gasteiger partial charge on any atom is 0.315 e. The molecule has 2 saturated carbocycles. The number of carbonyl (C=O) groups is 5. The van der Waals surface area contributed by atoms with Gasteiger partial charge in [0.2, 0.25) is 17.6 Å². The number of halogens is 1. The summed E-state index contributed by atoms with van der Waals surface area (Å²) in [6.45, 7) is 12.3. The van der Waals surface area contributed by atoms with E-state index < -0.39 is 41.1 Å². The van der Waals surface area contributed by atoms with Crippen molar-refractivity contribution in [2.75, 3.05) is 13.7 Å². The van der Waals surface area contributed by atoms with Crippen molar-refractivity contribution >= 4 is 29.5 Å². The van der Waals surface area contributed by atoms with Gasteiger partial charge >= 0.3 is 6.03 Å². The highest BCUT2D eigenvalue weighted by molar-refractivity contribution is 6.37. The number of hydrogen-bond donors (Lipinski definition) is 4. The number of rotatable bonds is 9. The van der Waals surface area contributed by atoms with Crippen molar-refractivity contribution in [1.29, 1.82) is 0 Å². The Morgan fingerprint density at radius 1 is 0.929 bits per heavy atom. The highest BCUT2D eigenvalue weighted by Crippen LogP contribution is 2.31. The van der Waals surface area contributed by atoms with E-state index in [2.05, 4.69) is 29.8 Å². The van der Waals surface area contributed by atoms with Crippen LogP contribution < -0.4 is 21.7 Å². The Hall–Kier alpha value is -2.72. The minimum Gasteiger partial charge on any atom is -0.363 e. The molecule has 10 nitrogen and oxygen atoms in total. The molecule has 11 heteroatoms. The lowest BCUT2D eigenvalue weighted by atomic mass is 9.80. The summed E-state index contributed by atoms with van der Waals surface area (Å²) in [5.74, 6) is -2.40. The summed E-state index contributed by atoms with van der Waals surface area (Å²) in [4.78, 5) is 65.5. The molecule has 5 amide bonds. The fraction of sp³-hybridized carbons (Fsp3) is 0.839. The molecule has 0 aromatic heterocycles. The zero-order chi connectivity index (χ0) is 32.1. The number of nitrogens with one attached hydrogen (secondary N) is 3. The Bertz CT molecular complexity index is 912. The Morgan fingerprint density at radius 3 is 1.98 bits per heavy atom. The summed E-state index contributed by atoms with van der Waals surface area (Å²) in [7, 11) is 0.500. The Morgan fingerprint density at radius 2 is 1.50 bits per heavy atom. The number of Topliss-reactive ketones (excluding diaryl/α,β-unsaturated/α-hetero) is 1. The van der Waals surface area contributed by atoms with Gasteiger partial charge < -0.3 is 26.6 Å². The predicted molar refractivity (Wildman–Crippen MR) is 162 cm³/mol. The first-order chi connectivity index (χ1) is 19.7. The van der Waals surface area contributed by atoms with E-state index in [9.17, 15) is 28.4 Å². The van der Waals surface area contributed by atoms with E-state index in [-0.39, 0.29) is 23.4 Å². The van der Waals surface area contributed by atoms with E-state index in [1.165, 1.54) is 11.3 Å². The molecule has 0 bridgehead atoms. The van der Waals surface area contributed by atoms with Crippen LogP contribution in [0.2, 0.25) is 0 Å². The van der Waals surface area contributed by atoms with Crippen molar-refractivity contribution in [3.05, 3.63) is 0 Å². The molecule has 42 heavy (non-hydrogen) atoms. The molecule has 1 saturated heterocycles. The van der Waals surface area contributed by atoms with Gasteiger partial charge in [0.15, 0.2) is 0 Å². The van der Waals surface area contributed by atoms with Gasteiger partial charge in [-0.25, -0.2) is 4.79 Å². The molecule has 3 fully saturated rings. The molecule has 0 spiro atoms. The van der Waals surface area contributed by atoms with Crippen LogP contribution in [-0.4, -0.2) is 71.8 Å². The normalized spacial score (nSPS) is 21.1. The molecule has 5 N–H and O–H groups in total. The Kier molecular flexibility index (Phi) is 15.5. The summed E-state index contributed by atoms with van der Waals surface area (Å²) in [6.07, 6.45) is 10.7. The standard InChI is InChI=1S/C27H45N5O5.C3H8.CH3F/c1-26(2,3)21(30-25(37)31-27(4)13-6-5-7-14-27)24(36)32-15-9-12-19(32)23(35)29-18(20(33)22(28)34)16-17-10-8-11-17;1-3-2;1-2/h17-19,21H,5-16H2,1-4H3,(H2,28,34)(H,29,35)(H2,30,31,37);3H2,1-2H3;1H3. The van der Waals surface area contributed by atoms with E-state index >= 15 is 0 Å². The number of urea groups is 1. The van der Waals surface area contributed by atoms with Crippen LogP contribution in [0.15, 0.2) is 0 Å². The average molecular weight is 598 g/mol. The zero-order valence-electron chi connectivity index (χ0n) is 26.9. The second kappa shape index (κ2) is 17.4. The number of nitrogens with two attached hydrogens (primary N) is 1. The molecule has 0 aromatic rings. The van der Waals surface area contributed by atoms with E-state index in [1.807, 2.05) is 27.7 Å². The number of carbonyl (C=O) groups excluding carboxylic acids is 5. The molecule has 2 aliphatic carbocycles. The Labute approximate surface area is 251 Å². The van der Waals surface area contributed by atoms with Gasteiger partial charge in [0.25, 0.3) is 5.91 Å². The summed E-state index contributed by atoms with van der Waals surface area (Å²) < 4.78 is 9.50. The van der Waals surface area contributed by atoms with E-state index in [0.29, 0.717) is 33.0 Å². The van der Waals surface area contributed by atoms with Crippen molar-refractivity contribution in [3.8, 4) is 0 Å². The van der Waals surface area contributed by atoms with Gasteiger partial charge in [0, 0.05) is 12.1 Å². The third-order valence-electron chi connectivity index (χ3n) is 8.27. The molecular formula is C31H56FN5O5. The maximum absolute atomic E-state index is 13.7. The lowest BCUT2D eigenvalue weighted by Crippen LogP contribution is -2.61. The molecule has 3 rings (SSSR count). The van der Waals surface area contributed by atoms with Crippen LogP contribution >= 0.6 is 0 Å². The van der Waals surface area contributed by atoms with Crippen molar-refractivity contribution in [1.82, 2.24) is 20.9 Å². The van der Waals surface area contributed by atoms with Gasteiger partial charge in [-0.1, -0.05) is 79.6 Å². The second-order valence-corrected chi connectivity index (χ2v) is 13.2. The molecule has 242 valence electrons. The van der Waals surface area contributed by atoms with Crippen LogP contribution in [0.3, 0.4) is 0 Å². The average Bonchev–Trinajstić information content (AvgIpc) is 3.39.